The van der Waals surface area contributed by atoms with E-state index in [4.69, 9.17) is 14.5 Å². The lowest BCUT2D eigenvalue weighted by Gasteiger charge is -2.20. The van der Waals surface area contributed by atoms with E-state index in [0.717, 1.165) is 0 Å². The number of ether oxygens (including phenoxy) is 2. The number of carbonyl (C=O) groups excluding carboxylic acids is 2. The average Bonchev–Trinajstić information content (AvgIpc) is 2.93. The molecule has 1 heterocycles. The summed E-state index contributed by atoms with van der Waals surface area (Å²) in [4.78, 5) is 42.6. The highest BCUT2D eigenvalue weighted by molar-refractivity contribution is 6.12. The molecule has 4 aromatic rings. The molecule has 0 amide bonds. The second kappa shape index (κ2) is 11.3. The molecule has 0 atom stereocenters. The smallest absolute Gasteiger partial charge is 0.341 e. The Hall–Kier alpha value is -4.85. The first-order valence-electron chi connectivity index (χ1n) is 11.7. The maximum Gasteiger partial charge on any atom is 0.341 e. The number of aromatic nitrogens is 1. The predicted octanol–water partition coefficient (Wildman–Crippen LogP) is 6.34. The van der Waals surface area contributed by atoms with E-state index in [-0.39, 0.29) is 35.6 Å². The zero-order valence-electron chi connectivity index (χ0n) is 20.3. The second-order valence-electron chi connectivity index (χ2n) is 7.91. The van der Waals surface area contributed by atoms with E-state index in [2.05, 4.69) is 0 Å². The molecule has 0 aliphatic carbocycles. The fourth-order valence-electron chi connectivity index (χ4n) is 4.04. The van der Waals surface area contributed by atoms with Crippen molar-refractivity contribution in [1.29, 1.82) is 0 Å². The highest BCUT2D eigenvalue weighted by Gasteiger charge is 2.31. The molecule has 0 saturated heterocycles. The van der Waals surface area contributed by atoms with Crippen molar-refractivity contribution in [2.45, 2.75) is 13.8 Å². The first kappa shape index (κ1) is 25.2. The normalized spacial score (nSPS) is 10.5. The first-order valence-corrected chi connectivity index (χ1v) is 11.7. The zero-order valence-corrected chi connectivity index (χ0v) is 20.3. The van der Waals surface area contributed by atoms with Crippen LogP contribution in [0.2, 0.25) is 0 Å². The number of carbonyl (C=O) groups is 2. The number of nitrogens with zero attached hydrogens (tertiary/aromatic N) is 2. The number of hydrogen-bond acceptors (Lipinski definition) is 7. The van der Waals surface area contributed by atoms with Gasteiger partial charge in [-0.2, -0.15) is 0 Å². The highest BCUT2D eigenvalue weighted by Crippen LogP contribution is 2.40. The molecular formula is C29H24N2O6. The van der Waals surface area contributed by atoms with Crippen LogP contribution in [0.4, 0.5) is 5.69 Å². The summed E-state index contributed by atoms with van der Waals surface area (Å²) in [6.45, 7) is 3.57. The number of nitro benzene ring substituents is 1. The van der Waals surface area contributed by atoms with E-state index >= 15 is 0 Å². The number of non-ortho nitro benzene ring substituents is 1. The van der Waals surface area contributed by atoms with Gasteiger partial charge in [0.25, 0.3) is 5.69 Å². The summed E-state index contributed by atoms with van der Waals surface area (Å²) >= 11 is 0. The molecule has 0 unspecified atom stereocenters. The predicted molar refractivity (Wildman–Crippen MR) is 139 cm³/mol. The van der Waals surface area contributed by atoms with Crippen LogP contribution in [0.5, 0.6) is 0 Å². The highest BCUT2D eigenvalue weighted by atomic mass is 16.6. The third-order valence-corrected chi connectivity index (χ3v) is 5.62. The minimum absolute atomic E-state index is 0.0737. The van der Waals surface area contributed by atoms with Crippen molar-refractivity contribution in [3.8, 4) is 33.6 Å². The SMILES string of the molecule is CCOC(=O)c1c(-c2ccccc2)nc(-c2ccccc2)c(C(=O)OCC)c1-c1ccc([N+](=O)[O-])cc1. The zero-order chi connectivity index (χ0) is 26.4. The lowest BCUT2D eigenvalue weighted by atomic mass is 9.88. The topological polar surface area (TPSA) is 109 Å². The molecule has 3 aromatic carbocycles. The maximum atomic E-state index is 13.5. The van der Waals surface area contributed by atoms with E-state index in [1.54, 1.807) is 13.8 Å². The van der Waals surface area contributed by atoms with Crippen molar-refractivity contribution in [3.63, 3.8) is 0 Å². The maximum absolute atomic E-state index is 13.5. The van der Waals surface area contributed by atoms with Crippen LogP contribution in [-0.4, -0.2) is 35.1 Å². The molecule has 37 heavy (non-hydrogen) atoms. The van der Waals surface area contributed by atoms with E-state index in [1.165, 1.54) is 24.3 Å². The van der Waals surface area contributed by atoms with Crippen molar-refractivity contribution in [1.82, 2.24) is 4.98 Å². The van der Waals surface area contributed by atoms with Gasteiger partial charge in [-0.1, -0.05) is 60.7 Å². The number of nitro groups is 1. The second-order valence-corrected chi connectivity index (χ2v) is 7.91. The Labute approximate surface area is 213 Å². The van der Waals surface area contributed by atoms with Crippen molar-refractivity contribution in [2.75, 3.05) is 13.2 Å². The summed E-state index contributed by atoms with van der Waals surface area (Å²) in [5.41, 5.74) is 2.59. The van der Waals surface area contributed by atoms with Crippen LogP contribution in [0.25, 0.3) is 33.6 Å². The molecular weight excluding hydrogens is 472 g/mol. The number of pyridine rings is 1. The summed E-state index contributed by atoms with van der Waals surface area (Å²) in [5, 5.41) is 11.3. The van der Waals surface area contributed by atoms with E-state index in [1.807, 2.05) is 60.7 Å². The van der Waals surface area contributed by atoms with Crippen LogP contribution < -0.4 is 0 Å². The van der Waals surface area contributed by atoms with Gasteiger partial charge in [-0.25, -0.2) is 14.6 Å². The fourth-order valence-corrected chi connectivity index (χ4v) is 4.04. The van der Waals surface area contributed by atoms with Gasteiger partial charge in [-0.3, -0.25) is 10.1 Å². The van der Waals surface area contributed by atoms with Gasteiger partial charge < -0.3 is 9.47 Å². The molecule has 0 bridgehead atoms. The molecule has 0 saturated carbocycles. The quantitative estimate of drug-likeness (QED) is 0.159. The molecule has 0 fully saturated rings. The van der Waals surface area contributed by atoms with Gasteiger partial charge in [0.1, 0.15) is 0 Å². The first-order chi connectivity index (χ1) is 18.0. The molecule has 0 aliphatic rings. The third-order valence-electron chi connectivity index (χ3n) is 5.62. The largest absolute Gasteiger partial charge is 0.462 e. The van der Waals surface area contributed by atoms with Gasteiger partial charge in [0.05, 0.1) is 40.7 Å². The van der Waals surface area contributed by atoms with Crippen LogP contribution in [0.15, 0.2) is 84.9 Å². The van der Waals surface area contributed by atoms with Crippen LogP contribution in [0.3, 0.4) is 0 Å². The monoisotopic (exact) mass is 496 g/mol. The summed E-state index contributed by atoms with van der Waals surface area (Å²) in [6, 6.07) is 23.8. The van der Waals surface area contributed by atoms with Crippen LogP contribution in [0.1, 0.15) is 34.6 Å². The number of rotatable bonds is 8. The molecule has 0 aliphatic heterocycles. The van der Waals surface area contributed by atoms with Crippen molar-refractivity contribution >= 4 is 17.6 Å². The molecule has 0 spiro atoms. The van der Waals surface area contributed by atoms with Gasteiger partial charge in [0.2, 0.25) is 0 Å². The van der Waals surface area contributed by atoms with Crippen molar-refractivity contribution < 1.29 is 24.0 Å². The van der Waals surface area contributed by atoms with Gasteiger partial charge in [-0.05, 0) is 31.5 Å². The standard InChI is InChI=1S/C29H24N2O6/c1-3-36-28(32)24-23(19-15-17-22(18-16-19)31(34)35)25(29(33)37-4-2)27(21-13-9-6-10-14-21)30-26(24)20-11-7-5-8-12-20/h5-18H,3-4H2,1-2H3. The Morgan fingerprint density at radius 2 is 1.14 bits per heavy atom. The minimum atomic E-state index is -0.674. The lowest BCUT2D eigenvalue weighted by molar-refractivity contribution is -0.384. The summed E-state index contributed by atoms with van der Waals surface area (Å²) < 4.78 is 10.8. The van der Waals surface area contributed by atoms with E-state index in [0.29, 0.717) is 28.1 Å². The van der Waals surface area contributed by atoms with Crippen LogP contribution >= 0.6 is 0 Å². The van der Waals surface area contributed by atoms with Gasteiger partial charge in [-0.15, -0.1) is 0 Å². The summed E-state index contributed by atoms with van der Waals surface area (Å²) in [6.07, 6.45) is 0. The molecule has 8 nitrogen and oxygen atoms in total. The number of esters is 2. The summed E-state index contributed by atoms with van der Waals surface area (Å²) in [7, 11) is 0. The van der Waals surface area contributed by atoms with Gasteiger partial charge >= 0.3 is 11.9 Å². The van der Waals surface area contributed by atoms with Gasteiger partial charge in [0, 0.05) is 28.8 Å². The molecule has 4 rings (SSSR count). The molecule has 1 aromatic heterocycles. The van der Waals surface area contributed by atoms with Crippen LogP contribution in [-0.2, 0) is 9.47 Å². The fraction of sp³-hybridized carbons (Fsp3) is 0.138. The minimum Gasteiger partial charge on any atom is -0.462 e. The Bertz CT molecular complexity index is 1360. The molecule has 0 radical (unpaired) electrons. The number of benzene rings is 3. The Morgan fingerprint density at radius 1 is 0.703 bits per heavy atom. The Kier molecular flexibility index (Phi) is 7.68. The van der Waals surface area contributed by atoms with Crippen LogP contribution in [0, 0.1) is 10.1 Å². The third kappa shape index (κ3) is 5.23. The van der Waals surface area contributed by atoms with E-state index < -0.39 is 16.9 Å². The molecule has 8 heteroatoms. The molecule has 186 valence electrons. The number of hydrogen-bond donors (Lipinski definition) is 0. The van der Waals surface area contributed by atoms with Gasteiger partial charge in [0.15, 0.2) is 0 Å². The van der Waals surface area contributed by atoms with Crippen molar-refractivity contribution in [2.24, 2.45) is 0 Å². The Morgan fingerprint density at radius 3 is 1.51 bits per heavy atom. The lowest BCUT2D eigenvalue weighted by Crippen LogP contribution is -2.17. The van der Waals surface area contributed by atoms with Crippen molar-refractivity contribution in [3.05, 3.63) is 106 Å². The summed E-state index contributed by atoms with van der Waals surface area (Å²) in [5.74, 6) is -1.35. The molecule has 0 N–H and O–H groups in total. The Balaban J connectivity index is 2.19. The average molecular weight is 497 g/mol. The van der Waals surface area contributed by atoms with E-state index in [9.17, 15) is 19.7 Å².